The Kier molecular flexibility index (Phi) is 5.18. The monoisotopic (exact) mass is 165 g/mol. The van der Waals surface area contributed by atoms with Crippen LogP contribution in [-0.2, 0) is 0 Å². The van der Waals surface area contributed by atoms with Crippen molar-refractivity contribution in [1.82, 2.24) is 5.32 Å². The van der Waals surface area contributed by atoms with Gasteiger partial charge in [-0.25, -0.2) is 0 Å². The van der Waals surface area contributed by atoms with Gasteiger partial charge in [0.1, 0.15) is 0 Å². The molecule has 0 amide bonds. The summed E-state index contributed by atoms with van der Waals surface area (Å²) in [6.07, 6.45) is 6.10. The first-order chi connectivity index (χ1) is 5.57. The van der Waals surface area contributed by atoms with Gasteiger partial charge >= 0.3 is 0 Å². The smallest absolute Gasteiger partial charge is 0.0264 e. The Labute approximate surface area is 75.9 Å². The number of allylic oxidation sites excluding steroid dienone is 4. The van der Waals surface area contributed by atoms with Crippen LogP contribution in [0, 0.1) is 5.92 Å². The van der Waals surface area contributed by atoms with Crippen LogP contribution < -0.4 is 5.32 Å². The largest absolute Gasteiger partial charge is 0.389 e. The topological polar surface area (TPSA) is 12.0 Å². The molecule has 0 fully saturated rings. The summed E-state index contributed by atoms with van der Waals surface area (Å²) >= 11 is 0. The molecule has 0 saturated carbocycles. The molecule has 0 aromatic carbocycles. The van der Waals surface area contributed by atoms with Gasteiger partial charge in [-0.1, -0.05) is 38.2 Å². The van der Waals surface area contributed by atoms with E-state index in [2.05, 4.69) is 38.7 Å². The maximum atomic E-state index is 3.79. The van der Waals surface area contributed by atoms with Gasteiger partial charge in [0.05, 0.1) is 0 Å². The molecule has 1 nitrogen and oxygen atoms in total. The minimum atomic E-state index is 0.623. The lowest BCUT2D eigenvalue weighted by atomic mass is 10.1. The molecule has 0 aliphatic carbocycles. The first-order valence-electron chi connectivity index (χ1n) is 4.29. The average molecular weight is 165 g/mol. The lowest BCUT2D eigenvalue weighted by molar-refractivity contribution is 0.769. The van der Waals surface area contributed by atoms with E-state index in [1.54, 1.807) is 0 Å². The maximum absolute atomic E-state index is 3.79. The quantitative estimate of drug-likeness (QED) is 0.632. The molecule has 0 bridgehead atoms. The Bertz CT molecular complexity index is 197. The summed E-state index contributed by atoms with van der Waals surface area (Å²) in [7, 11) is 1.87. The minimum absolute atomic E-state index is 0.623. The Balaban J connectivity index is 4.03. The molecule has 0 aliphatic heterocycles. The third-order valence-electron chi connectivity index (χ3n) is 1.89. The fourth-order valence-electron chi connectivity index (χ4n) is 0.592. The van der Waals surface area contributed by atoms with Crippen molar-refractivity contribution < 1.29 is 0 Å². The molecule has 68 valence electrons. The third kappa shape index (κ3) is 4.78. The average Bonchev–Trinajstić information content (AvgIpc) is 2.03. The van der Waals surface area contributed by atoms with Crippen molar-refractivity contribution >= 4 is 0 Å². The number of hydrogen-bond acceptors (Lipinski definition) is 1. The highest BCUT2D eigenvalue weighted by atomic mass is 14.8. The normalized spacial score (nSPS) is 12.6. The van der Waals surface area contributed by atoms with Crippen LogP contribution in [0.1, 0.15) is 20.8 Å². The second-order valence-corrected chi connectivity index (χ2v) is 3.20. The number of hydrogen-bond donors (Lipinski definition) is 1. The fourth-order valence-corrected chi connectivity index (χ4v) is 0.592. The molecular formula is C11H19N. The lowest BCUT2D eigenvalue weighted by Crippen LogP contribution is -2.00. The molecule has 0 atom stereocenters. The highest BCUT2D eigenvalue weighted by molar-refractivity contribution is 5.20. The first-order valence-corrected chi connectivity index (χ1v) is 4.29. The van der Waals surface area contributed by atoms with Crippen molar-refractivity contribution in [2.24, 2.45) is 5.92 Å². The predicted molar refractivity (Wildman–Crippen MR) is 55.9 cm³/mol. The van der Waals surface area contributed by atoms with Crippen molar-refractivity contribution in [2.45, 2.75) is 20.8 Å². The Morgan fingerprint density at radius 3 is 2.42 bits per heavy atom. The molecule has 0 saturated heterocycles. The van der Waals surface area contributed by atoms with Crippen LogP contribution in [0.25, 0.3) is 0 Å². The van der Waals surface area contributed by atoms with Gasteiger partial charge in [-0.05, 0) is 18.9 Å². The second-order valence-electron chi connectivity index (χ2n) is 3.20. The summed E-state index contributed by atoms with van der Waals surface area (Å²) in [5, 5.41) is 2.96. The lowest BCUT2D eigenvalue weighted by Gasteiger charge is -2.02. The summed E-state index contributed by atoms with van der Waals surface area (Å²) in [4.78, 5) is 0. The van der Waals surface area contributed by atoms with Crippen LogP contribution in [0.2, 0.25) is 0 Å². The van der Waals surface area contributed by atoms with Gasteiger partial charge in [0.15, 0.2) is 0 Å². The zero-order valence-electron chi connectivity index (χ0n) is 8.52. The fraction of sp³-hybridized carbons (Fsp3) is 0.455. The molecule has 0 unspecified atom stereocenters. The van der Waals surface area contributed by atoms with E-state index in [4.69, 9.17) is 0 Å². The van der Waals surface area contributed by atoms with Gasteiger partial charge in [0.25, 0.3) is 0 Å². The zero-order valence-corrected chi connectivity index (χ0v) is 8.52. The van der Waals surface area contributed by atoms with Crippen LogP contribution >= 0.6 is 0 Å². The summed E-state index contributed by atoms with van der Waals surface area (Å²) in [6.45, 7) is 10.3. The Hall–Kier alpha value is -0.980. The van der Waals surface area contributed by atoms with Crippen LogP contribution in [0.5, 0.6) is 0 Å². The van der Waals surface area contributed by atoms with Crippen molar-refractivity contribution in [2.75, 3.05) is 7.05 Å². The standard InChI is InChI=1S/C11H19N/c1-9(2)10(3)7-6-8-11(4)12-5/h6-9,12H,4H2,1-3,5H3/b8-6-,10-7+. The van der Waals surface area contributed by atoms with Crippen molar-refractivity contribution in [3.8, 4) is 0 Å². The van der Waals surface area contributed by atoms with E-state index in [9.17, 15) is 0 Å². The molecule has 1 heteroatoms. The molecule has 0 aromatic rings. The SMILES string of the molecule is C=C(/C=C\C=C(/C)C(C)C)NC. The molecule has 0 radical (unpaired) electrons. The first kappa shape index (κ1) is 11.0. The van der Waals surface area contributed by atoms with E-state index >= 15 is 0 Å². The number of nitrogens with one attached hydrogen (secondary N) is 1. The van der Waals surface area contributed by atoms with Crippen LogP contribution in [0.4, 0.5) is 0 Å². The molecular weight excluding hydrogens is 146 g/mol. The van der Waals surface area contributed by atoms with Crippen molar-refractivity contribution in [3.63, 3.8) is 0 Å². The van der Waals surface area contributed by atoms with Crippen molar-refractivity contribution in [3.05, 3.63) is 36.1 Å². The van der Waals surface area contributed by atoms with Crippen LogP contribution in [-0.4, -0.2) is 7.05 Å². The molecule has 0 aliphatic rings. The van der Waals surface area contributed by atoms with Crippen molar-refractivity contribution in [1.29, 1.82) is 0 Å². The van der Waals surface area contributed by atoms with E-state index in [-0.39, 0.29) is 0 Å². The molecule has 0 rings (SSSR count). The molecule has 0 spiro atoms. The van der Waals surface area contributed by atoms with E-state index in [1.807, 2.05) is 19.2 Å². The zero-order chi connectivity index (χ0) is 9.56. The second kappa shape index (κ2) is 5.64. The maximum Gasteiger partial charge on any atom is 0.0264 e. The minimum Gasteiger partial charge on any atom is -0.389 e. The van der Waals surface area contributed by atoms with E-state index in [0.29, 0.717) is 5.92 Å². The van der Waals surface area contributed by atoms with Crippen LogP contribution in [0.3, 0.4) is 0 Å². The number of likely N-dealkylation sites (N-methyl/N-ethyl adjacent to an activating group) is 1. The molecule has 1 N–H and O–H groups in total. The number of rotatable bonds is 4. The van der Waals surface area contributed by atoms with E-state index in [0.717, 1.165) is 5.70 Å². The van der Waals surface area contributed by atoms with Gasteiger partial charge < -0.3 is 5.32 Å². The Morgan fingerprint density at radius 2 is 2.00 bits per heavy atom. The molecule has 12 heavy (non-hydrogen) atoms. The van der Waals surface area contributed by atoms with E-state index < -0.39 is 0 Å². The van der Waals surface area contributed by atoms with Gasteiger partial charge in [-0.2, -0.15) is 0 Å². The summed E-state index contributed by atoms with van der Waals surface area (Å²) in [5.74, 6) is 0.623. The molecule has 0 aromatic heterocycles. The van der Waals surface area contributed by atoms with Gasteiger partial charge in [-0.15, -0.1) is 0 Å². The van der Waals surface area contributed by atoms with Gasteiger partial charge in [0, 0.05) is 12.7 Å². The highest BCUT2D eigenvalue weighted by Gasteiger charge is 1.92. The van der Waals surface area contributed by atoms with Crippen LogP contribution in [0.15, 0.2) is 36.1 Å². The third-order valence-corrected chi connectivity index (χ3v) is 1.89. The Morgan fingerprint density at radius 1 is 1.42 bits per heavy atom. The molecule has 0 heterocycles. The summed E-state index contributed by atoms with van der Waals surface area (Å²) in [6, 6.07) is 0. The van der Waals surface area contributed by atoms with E-state index in [1.165, 1.54) is 5.57 Å². The van der Waals surface area contributed by atoms with Gasteiger partial charge in [0.2, 0.25) is 0 Å². The summed E-state index contributed by atoms with van der Waals surface area (Å²) in [5.41, 5.74) is 2.32. The highest BCUT2D eigenvalue weighted by Crippen LogP contribution is 2.07. The van der Waals surface area contributed by atoms with Gasteiger partial charge in [-0.3, -0.25) is 0 Å². The predicted octanol–water partition coefficient (Wildman–Crippen LogP) is 2.88. The summed E-state index contributed by atoms with van der Waals surface area (Å²) < 4.78 is 0.